The molecule has 0 spiro atoms. The maximum absolute atomic E-state index is 11.8. The molecule has 210 valence electrons. The van der Waals surface area contributed by atoms with Crippen LogP contribution in [0.25, 0.3) is 34.1 Å². The summed E-state index contributed by atoms with van der Waals surface area (Å²) < 4.78 is 12.6. The molecule has 5 aromatic rings. The van der Waals surface area contributed by atoms with Crippen molar-refractivity contribution >= 4 is 23.0 Å². The molecule has 2 aliphatic carbocycles. The average Bonchev–Trinajstić information content (AvgIpc) is 3.57. The monoisotopic (exact) mass is 571 g/mol. The van der Waals surface area contributed by atoms with Crippen LogP contribution in [-0.2, 0) is 12.0 Å². The van der Waals surface area contributed by atoms with Crippen molar-refractivity contribution in [2.24, 2.45) is 11.8 Å². The molecular formula is C30H30ClN7O3. The minimum Gasteiger partial charge on any atom is -0.384 e. The van der Waals surface area contributed by atoms with E-state index in [0.717, 1.165) is 43.1 Å². The molecule has 1 aromatic carbocycles. The van der Waals surface area contributed by atoms with Crippen molar-refractivity contribution < 1.29 is 8.71 Å². The Morgan fingerprint density at radius 1 is 1.10 bits per heavy atom. The fourth-order valence-corrected chi connectivity index (χ4v) is 6.58. The Balaban J connectivity index is 1.50. The van der Waals surface area contributed by atoms with Gasteiger partial charge in [-0.3, -0.25) is 4.98 Å². The third-order valence-corrected chi connectivity index (χ3v) is 9.02. The molecule has 0 unspecified atom stereocenters. The number of halogens is 1. The molecule has 4 aromatic heterocycles. The largest absolute Gasteiger partial charge is 0.434 e. The summed E-state index contributed by atoms with van der Waals surface area (Å²) in [6.07, 6.45) is 11.2. The first kappa shape index (κ1) is 25.9. The van der Waals surface area contributed by atoms with Crippen LogP contribution in [0.1, 0.15) is 63.3 Å². The van der Waals surface area contributed by atoms with E-state index in [0.29, 0.717) is 28.6 Å². The number of fused-ring (bicyclic) bond motifs is 1. The second-order valence-electron chi connectivity index (χ2n) is 11.4. The van der Waals surface area contributed by atoms with E-state index in [4.69, 9.17) is 35.5 Å². The smallest absolute Gasteiger partial charge is 0.384 e. The van der Waals surface area contributed by atoms with E-state index < -0.39 is 5.76 Å². The number of hydrogen-bond acceptors (Lipinski definition) is 8. The molecule has 0 atom stereocenters. The summed E-state index contributed by atoms with van der Waals surface area (Å²) in [5.41, 5.74) is 3.66. The first-order valence-electron chi connectivity index (χ1n) is 14.2. The summed E-state index contributed by atoms with van der Waals surface area (Å²) >= 11 is 5.71. The first-order valence-corrected chi connectivity index (χ1v) is 14.5. The molecule has 0 bridgehead atoms. The van der Waals surface area contributed by atoms with Gasteiger partial charge in [0, 0.05) is 18.3 Å². The van der Waals surface area contributed by atoms with E-state index >= 15 is 0 Å². The number of hydrogen-bond donors (Lipinski definition) is 1. The maximum Gasteiger partial charge on any atom is 0.434 e. The standard InChI is InChI=1S/C30H30ClN7O3/c1-18-8-10-19(11-9-18)17-38-24-23(20-14-22(41-31)16-32-15-20)33-26(27-36-37-29(39)40-27)34-25(24)35-28(38)30(12-5-13-30)21-6-3-2-4-7-21/h2-4,6-7,14-16,18-19H,5,8-13,17H2,1H3,(H,37,39). The lowest BCUT2D eigenvalue weighted by Crippen LogP contribution is -2.39. The van der Waals surface area contributed by atoms with Crippen LogP contribution in [0.2, 0.25) is 0 Å². The molecule has 0 saturated heterocycles. The van der Waals surface area contributed by atoms with E-state index in [1.807, 2.05) is 0 Å². The third kappa shape index (κ3) is 4.60. The average molecular weight is 572 g/mol. The zero-order valence-electron chi connectivity index (χ0n) is 22.7. The molecule has 1 N–H and O–H groups in total. The number of H-pyrrole nitrogens is 1. The number of nitrogens with one attached hydrogen (secondary N) is 1. The summed E-state index contributed by atoms with van der Waals surface area (Å²) in [4.78, 5) is 31.1. The lowest BCUT2D eigenvalue weighted by molar-refractivity contribution is 0.242. The van der Waals surface area contributed by atoms with Crippen LogP contribution in [0.5, 0.6) is 5.75 Å². The van der Waals surface area contributed by atoms with E-state index in [1.165, 1.54) is 37.4 Å². The second kappa shape index (κ2) is 10.4. The zero-order valence-corrected chi connectivity index (χ0v) is 23.5. The van der Waals surface area contributed by atoms with Gasteiger partial charge >= 0.3 is 5.76 Å². The fourth-order valence-electron chi connectivity index (χ4n) is 6.49. The van der Waals surface area contributed by atoms with Gasteiger partial charge < -0.3 is 13.3 Å². The Morgan fingerprint density at radius 3 is 2.59 bits per heavy atom. The molecule has 11 heteroatoms. The number of nitrogens with zero attached hydrogens (tertiary/aromatic N) is 6. The van der Waals surface area contributed by atoms with Crippen LogP contribution >= 0.6 is 11.9 Å². The highest BCUT2D eigenvalue weighted by molar-refractivity contribution is 6.09. The van der Waals surface area contributed by atoms with Crippen LogP contribution in [0.3, 0.4) is 0 Å². The van der Waals surface area contributed by atoms with Crippen LogP contribution in [0.4, 0.5) is 0 Å². The first-order chi connectivity index (χ1) is 20.0. The maximum atomic E-state index is 11.8. The summed E-state index contributed by atoms with van der Waals surface area (Å²) in [7, 11) is 0. The lowest BCUT2D eigenvalue weighted by Gasteiger charge is -2.42. The molecule has 2 saturated carbocycles. The molecule has 2 aliphatic rings. The van der Waals surface area contributed by atoms with Gasteiger partial charge in [-0.15, -0.1) is 5.10 Å². The highest BCUT2D eigenvalue weighted by Gasteiger charge is 2.45. The Kier molecular flexibility index (Phi) is 6.57. The number of rotatable bonds is 7. The molecule has 4 heterocycles. The highest BCUT2D eigenvalue weighted by atomic mass is 35.5. The van der Waals surface area contributed by atoms with Crippen LogP contribution in [0.15, 0.2) is 58.0 Å². The molecule has 41 heavy (non-hydrogen) atoms. The lowest BCUT2D eigenvalue weighted by atomic mass is 9.63. The molecule has 0 radical (unpaired) electrons. The van der Waals surface area contributed by atoms with Gasteiger partial charge in [-0.1, -0.05) is 56.5 Å². The van der Waals surface area contributed by atoms with Crippen LogP contribution in [-0.4, -0.2) is 34.7 Å². The minimum absolute atomic E-state index is 0.00496. The quantitative estimate of drug-likeness (QED) is 0.250. The number of pyridine rings is 1. The SMILES string of the molecule is CC1CCC(Cn2c(C3(c4ccccc4)CCC3)nc3nc(-c4n[nH]c(=O)o4)nc(-c4cncc(OCl)c4)c32)CC1. The highest BCUT2D eigenvalue weighted by Crippen LogP contribution is 2.50. The van der Waals surface area contributed by atoms with E-state index in [2.05, 4.69) is 57.0 Å². The Labute approximate surface area is 241 Å². The summed E-state index contributed by atoms with van der Waals surface area (Å²) in [5.74, 6) is 2.13. The van der Waals surface area contributed by atoms with E-state index in [-0.39, 0.29) is 17.1 Å². The molecule has 2 fully saturated rings. The Bertz CT molecular complexity index is 1750. The number of imidazole rings is 1. The van der Waals surface area contributed by atoms with Crippen LogP contribution < -0.4 is 10.0 Å². The van der Waals surface area contributed by atoms with Crippen molar-refractivity contribution in [3.05, 3.63) is 70.7 Å². The van der Waals surface area contributed by atoms with Crippen LogP contribution in [0, 0.1) is 11.8 Å². The Hall–Kier alpha value is -4.05. The topological polar surface area (TPSA) is 125 Å². The predicted octanol–water partition coefficient (Wildman–Crippen LogP) is 6.06. The van der Waals surface area contributed by atoms with Crippen molar-refractivity contribution in [3.8, 4) is 28.7 Å². The number of benzene rings is 1. The van der Waals surface area contributed by atoms with Crippen molar-refractivity contribution in [2.75, 3.05) is 0 Å². The van der Waals surface area contributed by atoms with Gasteiger partial charge in [0.25, 0.3) is 5.89 Å². The van der Waals surface area contributed by atoms with Crippen molar-refractivity contribution in [1.29, 1.82) is 0 Å². The molecule has 0 aliphatic heterocycles. The number of aromatic nitrogens is 7. The van der Waals surface area contributed by atoms with Crippen molar-refractivity contribution in [3.63, 3.8) is 0 Å². The Morgan fingerprint density at radius 2 is 1.90 bits per heavy atom. The molecule has 0 amide bonds. The minimum atomic E-state index is -0.681. The van der Waals surface area contributed by atoms with E-state index in [9.17, 15) is 4.79 Å². The third-order valence-electron chi connectivity index (χ3n) is 8.85. The van der Waals surface area contributed by atoms with Gasteiger partial charge in [0.05, 0.1) is 11.6 Å². The van der Waals surface area contributed by atoms with Gasteiger partial charge in [0.2, 0.25) is 5.82 Å². The van der Waals surface area contributed by atoms with E-state index in [1.54, 1.807) is 12.3 Å². The number of aromatic amines is 1. The summed E-state index contributed by atoms with van der Waals surface area (Å²) in [6.45, 7) is 3.16. The molecule has 7 rings (SSSR count). The van der Waals surface area contributed by atoms with Crippen molar-refractivity contribution in [2.45, 2.75) is 63.8 Å². The summed E-state index contributed by atoms with van der Waals surface area (Å²) in [6, 6.07) is 12.4. The van der Waals surface area contributed by atoms with Crippen molar-refractivity contribution in [1.82, 2.24) is 34.7 Å². The molecule has 10 nitrogen and oxygen atoms in total. The van der Waals surface area contributed by atoms with Gasteiger partial charge in [-0.25, -0.2) is 24.8 Å². The second-order valence-corrected chi connectivity index (χ2v) is 11.6. The van der Waals surface area contributed by atoms with Gasteiger partial charge in [0.1, 0.15) is 28.9 Å². The predicted molar refractivity (Wildman–Crippen MR) is 153 cm³/mol. The van der Waals surface area contributed by atoms with Gasteiger partial charge in [0.15, 0.2) is 11.4 Å². The van der Waals surface area contributed by atoms with Gasteiger partial charge in [-0.2, -0.15) is 0 Å². The normalized spacial score (nSPS) is 20.1. The molecular weight excluding hydrogens is 542 g/mol. The fraction of sp³-hybridized carbons (Fsp3) is 0.400. The summed E-state index contributed by atoms with van der Waals surface area (Å²) in [5, 5.41) is 6.29. The zero-order chi connectivity index (χ0) is 28.0. The van der Waals surface area contributed by atoms with Gasteiger partial charge in [-0.05, 0) is 49.1 Å².